The molecular weight excluding hydrogens is 362 g/mol. The van der Waals surface area contributed by atoms with Crippen molar-refractivity contribution < 1.29 is 13.6 Å². The van der Waals surface area contributed by atoms with Gasteiger partial charge in [-0.05, 0) is 40.2 Å². The largest absolute Gasteiger partial charge is 0.467 e. The highest BCUT2D eigenvalue weighted by Crippen LogP contribution is 2.34. The van der Waals surface area contributed by atoms with Crippen LogP contribution in [0, 0.1) is 0 Å². The van der Waals surface area contributed by atoms with Gasteiger partial charge in [-0.15, -0.1) is 0 Å². The first-order chi connectivity index (χ1) is 9.63. The molecule has 2 aromatic rings. The molecule has 102 valence electrons. The van der Waals surface area contributed by atoms with Gasteiger partial charge in [-0.1, -0.05) is 24.0 Å². The summed E-state index contributed by atoms with van der Waals surface area (Å²) in [5.74, 6) is 1.17. The van der Waals surface area contributed by atoms with Gasteiger partial charge in [-0.3, -0.25) is 9.69 Å². The first-order valence-corrected chi connectivity index (χ1v) is 7.68. The molecule has 0 atom stereocenters. The Hall–Kier alpha value is -1.31. The van der Waals surface area contributed by atoms with Crippen LogP contribution in [0.5, 0.6) is 0 Å². The summed E-state index contributed by atoms with van der Waals surface area (Å²) in [6.07, 6.45) is 3.26. The van der Waals surface area contributed by atoms with Crippen LogP contribution in [0.2, 0.25) is 0 Å². The monoisotopic (exact) mass is 369 g/mol. The molecule has 0 N–H and O–H groups in total. The predicted molar refractivity (Wildman–Crippen MR) is 83.8 cm³/mol. The molecule has 2 aromatic heterocycles. The Labute approximate surface area is 132 Å². The van der Waals surface area contributed by atoms with Crippen LogP contribution in [-0.4, -0.2) is 15.1 Å². The molecule has 1 saturated heterocycles. The molecule has 3 rings (SSSR count). The van der Waals surface area contributed by atoms with Crippen molar-refractivity contribution in [2.45, 2.75) is 6.54 Å². The second-order valence-electron chi connectivity index (χ2n) is 3.99. The van der Waals surface area contributed by atoms with Gasteiger partial charge in [0, 0.05) is 6.08 Å². The number of carbonyl (C=O) groups excluding carboxylic acids is 1. The fourth-order valence-electron chi connectivity index (χ4n) is 1.73. The second-order valence-corrected chi connectivity index (χ2v) is 6.45. The van der Waals surface area contributed by atoms with Gasteiger partial charge in [-0.25, -0.2) is 0 Å². The Morgan fingerprint density at radius 1 is 1.40 bits per heavy atom. The Morgan fingerprint density at radius 2 is 2.25 bits per heavy atom. The number of nitrogens with zero attached hydrogens (tertiary/aromatic N) is 1. The number of thiocarbonyl (C=S) groups is 1. The van der Waals surface area contributed by atoms with Crippen LogP contribution in [0.4, 0.5) is 0 Å². The van der Waals surface area contributed by atoms with Crippen LogP contribution in [0.3, 0.4) is 0 Å². The predicted octanol–water partition coefficient (Wildman–Crippen LogP) is 4.04. The molecule has 1 amide bonds. The third kappa shape index (κ3) is 2.74. The average Bonchev–Trinajstić information content (AvgIpc) is 3.10. The van der Waals surface area contributed by atoms with Crippen molar-refractivity contribution in [3.05, 3.63) is 51.6 Å². The summed E-state index contributed by atoms with van der Waals surface area (Å²) in [5.41, 5.74) is 0. The molecule has 0 radical (unpaired) electrons. The maximum absolute atomic E-state index is 12.3. The summed E-state index contributed by atoms with van der Waals surface area (Å²) < 4.78 is 11.7. The van der Waals surface area contributed by atoms with Gasteiger partial charge in [-0.2, -0.15) is 0 Å². The zero-order chi connectivity index (χ0) is 14.1. The molecule has 0 aliphatic carbocycles. The highest BCUT2D eigenvalue weighted by Gasteiger charge is 2.32. The van der Waals surface area contributed by atoms with E-state index in [9.17, 15) is 4.79 Å². The van der Waals surface area contributed by atoms with Gasteiger partial charge >= 0.3 is 0 Å². The number of halogens is 1. The molecule has 4 nitrogen and oxygen atoms in total. The van der Waals surface area contributed by atoms with E-state index in [2.05, 4.69) is 15.9 Å². The third-order valence-corrected chi connectivity index (χ3v) is 4.44. The topological polar surface area (TPSA) is 46.6 Å². The van der Waals surface area contributed by atoms with Gasteiger partial charge < -0.3 is 8.83 Å². The van der Waals surface area contributed by atoms with Crippen LogP contribution >= 0.6 is 39.9 Å². The minimum atomic E-state index is -0.135. The lowest BCUT2D eigenvalue weighted by molar-refractivity contribution is -0.122. The van der Waals surface area contributed by atoms with E-state index in [-0.39, 0.29) is 5.91 Å². The molecule has 0 saturated carbocycles. The number of hydrogen-bond donors (Lipinski definition) is 0. The number of furan rings is 2. The van der Waals surface area contributed by atoms with Crippen LogP contribution in [0.15, 0.2) is 48.9 Å². The highest BCUT2D eigenvalue weighted by atomic mass is 79.9. The zero-order valence-corrected chi connectivity index (χ0v) is 13.3. The Morgan fingerprint density at radius 3 is 2.90 bits per heavy atom. The molecule has 1 aliphatic rings. The molecule has 1 aliphatic heterocycles. The number of rotatable bonds is 3. The summed E-state index contributed by atoms with van der Waals surface area (Å²) >= 11 is 9.72. The van der Waals surface area contributed by atoms with E-state index in [1.165, 1.54) is 16.7 Å². The molecule has 0 unspecified atom stereocenters. The van der Waals surface area contributed by atoms with Crippen LogP contribution in [0.1, 0.15) is 11.5 Å². The molecule has 3 heterocycles. The Kier molecular flexibility index (Phi) is 3.82. The Balaban J connectivity index is 1.81. The van der Waals surface area contributed by atoms with E-state index in [0.29, 0.717) is 32.0 Å². The quantitative estimate of drug-likeness (QED) is 0.603. The summed E-state index contributed by atoms with van der Waals surface area (Å²) in [6, 6.07) is 7.15. The Bertz CT molecular complexity index is 690. The van der Waals surface area contributed by atoms with Gasteiger partial charge in [0.2, 0.25) is 0 Å². The number of carbonyl (C=O) groups is 1. The second kappa shape index (κ2) is 5.59. The average molecular weight is 370 g/mol. The van der Waals surface area contributed by atoms with E-state index in [4.69, 9.17) is 21.1 Å². The van der Waals surface area contributed by atoms with E-state index in [0.717, 1.165) is 0 Å². The highest BCUT2D eigenvalue weighted by molar-refractivity contribution is 9.10. The van der Waals surface area contributed by atoms with Crippen LogP contribution < -0.4 is 0 Å². The summed E-state index contributed by atoms with van der Waals surface area (Å²) in [7, 11) is 0. The lowest BCUT2D eigenvalue weighted by atomic mass is 10.3. The van der Waals surface area contributed by atoms with Crippen molar-refractivity contribution >= 4 is 56.2 Å². The molecular formula is C13H8BrNO3S2. The van der Waals surface area contributed by atoms with Gasteiger partial charge in [0.15, 0.2) is 4.67 Å². The van der Waals surface area contributed by atoms with Crippen LogP contribution in [0.25, 0.3) is 6.08 Å². The SMILES string of the molecule is O=C1/C(=C/c2ccc(Br)o2)SC(=S)N1Cc1ccco1. The van der Waals surface area contributed by atoms with E-state index in [1.807, 2.05) is 6.07 Å². The number of hydrogen-bond acceptors (Lipinski definition) is 5. The standard InChI is InChI=1S/C13H8BrNO3S2/c14-11-4-3-8(18-11)6-10-12(16)15(13(19)20-10)7-9-2-1-5-17-9/h1-6H,7H2/b10-6-. The van der Waals surface area contributed by atoms with Crippen molar-refractivity contribution in [3.8, 4) is 0 Å². The summed E-state index contributed by atoms with van der Waals surface area (Å²) in [4.78, 5) is 14.4. The molecule has 7 heteroatoms. The normalized spacial score (nSPS) is 17.4. The molecule has 0 bridgehead atoms. The van der Waals surface area contributed by atoms with Gasteiger partial charge in [0.25, 0.3) is 5.91 Å². The van der Waals surface area contributed by atoms with E-state index >= 15 is 0 Å². The fourth-order valence-corrected chi connectivity index (χ4v) is 3.28. The molecule has 0 aromatic carbocycles. The lowest BCUT2D eigenvalue weighted by Crippen LogP contribution is -2.27. The van der Waals surface area contributed by atoms with Crippen molar-refractivity contribution in [2.24, 2.45) is 0 Å². The minimum absolute atomic E-state index is 0.135. The van der Waals surface area contributed by atoms with Crippen molar-refractivity contribution in [1.82, 2.24) is 4.90 Å². The maximum atomic E-state index is 12.3. The van der Waals surface area contributed by atoms with E-state index in [1.54, 1.807) is 30.5 Å². The first kappa shape index (κ1) is 13.7. The third-order valence-electron chi connectivity index (χ3n) is 2.63. The molecule has 0 spiro atoms. The van der Waals surface area contributed by atoms with Crippen molar-refractivity contribution in [1.29, 1.82) is 0 Å². The van der Waals surface area contributed by atoms with Gasteiger partial charge in [0.05, 0.1) is 17.7 Å². The number of thioether (sulfide) groups is 1. The molecule has 20 heavy (non-hydrogen) atoms. The minimum Gasteiger partial charge on any atom is -0.467 e. The fraction of sp³-hybridized carbons (Fsp3) is 0.0769. The smallest absolute Gasteiger partial charge is 0.266 e. The van der Waals surface area contributed by atoms with E-state index < -0.39 is 0 Å². The van der Waals surface area contributed by atoms with Crippen molar-refractivity contribution in [3.63, 3.8) is 0 Å². The van der Waals surface area contributed by atoms with Crippen molar-refractivity contribution in [2.75, 3.05) is 0 Å². The van der Waals surface area contributed by atoms with Crippen LogP contribution in [-0.2, 0) is 11.3 Å². The molecule has 1 fully saturated rings. The number of amides is 1. The lowest BCUT2D eigenvalue weighted by Gasteiger charge is -2.11. The summed E-state index contributed by atoms with van der Waals surface area (Å²) in [6.45, 7) is 0.344. The summed E-state index contributed by atoms with van der Waals surface area (Å²) in [5, 5.41) is 0. The first-order valence-electron chi connectivity index (χ1n) is 5.66. The maximum Gasteiger partial charge on any atom is 0.266 e. The van der Waals surface area contributed by atoms with Gasteiger partial charge in [0.1, 0.15) is 15.8 Å². The zero-order valence-electron chi connectivity index (χ0n) is 10.0.